The van der Waals surface area contributed by atoms with E-state index in [1.165, 1.54) is 43.1 Å². The van der Waals surface area contributed by atoms with Gasteiger partial charge in [-0.05, 0) is 56.2 Å². The Kier molecular flexibility index (Phi) is 5.37. The Morgan fingerprint density at radius 3 is 2.60 bits per heavy atom. The van der Waals surface area contributed by atoms with Gasteiger partial charge in [0.25, 0.3) is 11.6 Å². The number of nitro benzene ring substituents is 1. The number of carbonyl (C=O) groups is 1. The fraction of sp³-hybridized carbons (Fsp3) is 0.632. The van der Waals surface area contributed by atoms with Gasteiger partial charge in [-0.15, -0.1) is 0 Å². The topological polar surface area (TPSA) is 76.7 Å². The lowest BCUT2D eigenvalue weighted by atomic mass is 9.75. The molecule has 1 aromatic rings. The van der Waals surface area contributed by atoms with E-state index in [4.69, 9.17) is 0 Å². The van der Waals surface area contributed by atoms with Gasteiger partial charge >= 0.3 is 0 Å². The molecule has 2 N–H and O–H groups in total. The van der Waals surface area contributed by atoms with Gasteiger partial charge in [0.15, 0.2) is 6.54 Å². The summed E-state index contributed by atoms with van der Waals surface area (Å²) in [7, 11) is 0. The second-order valence-electron chi connectivity index (χ2n) is 7.73. The van der Waals surface area contributed by atoms with Crippen LogP contribution in [0.2, 0.25) is 0 Å². The first-order chi connectivity index (χ1) is 11.9. The fourth-order valence-electron chi connectivity index (χ4n) is 4.43. The molecule has 0 spiro atoms. The van der Waals surface area contributed by atoms with Gasteiger partial charge in [0.1, 0.15) is 5.69 Å². The van der Waals surface area contributed by atoms with Crippen LogP contribution in [-0.2, 0) is 4.79 Å². The van der Waals surface area contributed by atoms with Gasteiger partial charge in [0.2, 0.25) is 0 Å². The lowest BCUT2D eigenvalue weighted by Crippen LogP contribution is -3.15. The summed E-state index contributed by atoms with van der Waals surface area (Å²) in [5.41, 5.74) is 2.08. The fourth-order valence-corrected chi connectivity index (χ4v) is 4.43. The molecular weight excluding hydrogens is 318 g/mol. The van der Waals surface area contributed by atoms with E-state index in [2.05, 4.69) is 5.32 Å². The monoisotopic (exact) mass is 346 g/mol. The van der Waals surface area contributed by atoms with Crippen LogP contribution in [-0.4, -0.2) is 30.5 Å². The van der Waals surface area contributed by atoms with Crippen LogP contribution in [0.1, 0.15) is 43.2 Å². The molecule has 1 aromatic carbocycles. The molecule has 1 saturated heterocycles. The van der Waals surface area contributed by atoms with E-state index >= 15 is 0 Å². The molecule has 6 nitrogen and oxygen atoms in total. The number of likely N-dealkylation sites (tertiary alicyclic amines) is 1. The zero-order valence-electron chi connectivity index (χ0n) is 15.1. The number of nitrogens with zero attached hydrogens (tertiary/aromatic N) is 1. The Morgan fingerprint density at radius 2 is 1.88 bits per heavy atom. The number of hydrogen-bond donors (Lipinski definition) is 2. The standard InChI is InChI=1S/C19H27N3O3/c1-13-9-17(18(22(24)25)10-14(13)2)20-19(23)12-21-8-7-15-5-3-4-6-16(15)11-21/h9-10,15-16H,3-8,11-12H2,1-2H3,(H,20,23)/p+1/t15-,16-/m1/s1. The number of anilines is 1. The summed E-state index contributed by atoms with van der Waals surface area (Å²) >= 11 is 0. The van der Waals surface area contributed by atoms with Crippen LogP contribution in [0, 0.1) is 35.8 Å². The largest absolute Gasteiger partial charge is 0.327 e. The first-order valence-electron chi connectivity index (χ1n) is 9.33. The van der Waals surface area contributed by atoms with Crippen molar-refractivity contribution >= 4 is 17.3 Å². The maximum Gasteiger partial charge on any atom is 0.293 e. The number of carbonyl (C=O) groups excluding carboxylic acids is 1. The number of nitrogens with one attached hydrogen (secondary N) is 2. The lowest BCUT2D eigenvalue weighted by Gasteiger charge is -2.38. The minimum Gasteiger partial charge on any atom is -0.327 e. The van der Waals surface area contributed by atoms with E-state index in [0.717, 1.165) is 36.1 Å². The minimum atomic E-state index is -0.428. The first-order valence-corrected chi connectivity index (χ1v) is 9.33. The number of quaternary nitrogens is 1. The van der Waals surface area contributed by atoms with E-state index in [-0.39, 0.29) is 11.6 Å². The van der Waals surface area contributed by atoms with E-state index in [9.17, 15) is 14.9 Å². The van der Waals surface area contributed by atoms with Crippen LogP contribution in [0.3, 0.4) is 0 Å². The quantitative estimate of drug-likeness (QED) is 0.648. The summed E-state index contributed by atoms with van der Waals surface area (Å²) in [5.74, 6) is 1.47. The lowest BCUT2D eigenvalue weighted by molar-refractivity contribution is -0.902. The van der Waals surface area contributed by atoms with Gasteiger partial charge in [-0.2, -0.15) is 0 Å². The normalized spacial score (nSPS) is 25.9. The van der Waals surface area contributed by atoms with Crippen LogP contribution < -0.4 is 10.2 Å². The van der Waals surface area contributed by atoms with Gasteiger partial charge in [-0.25, -0.2) is 0 Å². The van der Waals surface area contributed by atoms with E-state index in [1.807, 2.05) is 13.8 Å². The van der Waals surface area contributed by atoms with Crippen molar-refractivity contribution in [1.29, 1.82) is 0 Å². The predicted octanol–water partition coefficient (Wildman–Crippen LogP) is 2.25. The van der Waals surface area contributed by atoms with Gasteiger partial charge in [0.05, 0.1) is 18.0 Å². The van der Waals surface area contributed by atoms with Crippen molar-refractivity contribution in [2.75, 3.05) is 25.0 Å². The highest BCUT2D eigenvalue weighted by molar-refractivity contribution is 5.94. The molecule has 0 aromatic heterocycles. The molecule has 1 saturated carbocycles. The Hall–Kier alpha value is -1.95. The Labute approximate surface area is 148 Å². The third-order valence-electron chi connectivity index (χ3n) is 5.98. The van der Waals surface area contributed by atoms with Gasteiger partial charge < -0.3 is 10.2 Å². The zero-order chi connectivity index (χ0) is 18.0. The highest BCUT2D eigenvalue weighted by Crippen LogP contribution is 2.32. The SMILES string of the molecule is Cc1cc(NC(=O)C[NH+]2CC[C@H]3CCCC[C@@H]3C2)c([N+](=O)[O-])cc1C. The van der Waals surface area contributed by atoms with E-state index in [1.54, 1.807) is 6.07 Å². The second kappa shape index (κ2) is 7.52. The molecule has 136 valence electrons. The van der Waals surface area contributed by atoms with Crippen molar-refractivity contribution < 1.29 is 14.6 Å². The van der Waals surface area contributed by atoms with E-state index < -0.39 is 4.92 Å². The molecule has 1 amide bonds. The summed E-state index contributed by atoms with van der Waals surface area (Å²) in [6, 6.07) is 3.24. The van der Waals surface area contributed by atoms with Crippen LogP contribution >= 0.6 is 0 Å². The molecule has 3 atom stereocenters. The van der Waals surface area contributed by atoms with Crippen LogP contribution in [0.5, 0.6) is 0 Å². The van der Waals surface area contributed by atoms with Crippen molar-refractivity contribution in [3.05, 3.63) is 33.4 Å². The molecule has 3 rings (SSSR count). The maximum absolute atomic E-state index is 12.5. The highest BCUT2D eigenvalue weighted by Gasteiger charge is 2.34. The highest BCUT2D eigenvalue weighted by atomic mass is 16.6. The predicted molar refractivity (Wildman–Crippen MR) is 96.8 cm³/mol. The van der Waals surface area contributed by atoms with Gasteiger partial charge in [-0.3, -0.25) is 14.9 Å². The molecule has 1 heterocycles. The van der Waals surface area contributed by atoms with Crippen molar-refractivity contribution in [1.82, 2.24) is 0 Å². The van der Waals surface area contributed by atoms with Crippen LogP contribution in [0.15, 0.2) is 12.1 Å². The number of amides is 1. The average molecular weight is 346 g/mol. The Balaban J connectivity index is 1.63. The third-order valence-corrected chi connectivity index (χ3v) is 5.98. The average Bonchev–Trinajstić information content (AvgIpc) is 2.57. The number of benzene rings is 1. The minimum absolute atomic E-state index is 0.0301. The molecule has 6 heteroatoms. The molecule has 2 fully saturated rings. The number of piperidine rings is 1. The molecule has 0 bridgehead atoms. The van der Waals surface area contributed by atoms with E-state index in [0.29, 0.717) is 12.2 Å². The summed E-state index contributed by atoms with van der Waals surface area (Å²) in [5, 5.41) is 14.0. The van der Waals surface area contributed by atoms with Crippen molar-refractivity contribution in [2.24, 2.45) is 11.8 Å². The first kappa shape index (κ1) is 17.9. The number of hydrogen-bond acceptors (Lipinski definition) is 3. The summed E-state index contributed by atoms with van der Waals surface area (Å²) in [4.78, 5) is 24.6. The number of fused-ring (bicyclic) bond motifs is 1. The van der Waals surface area contributed by atoms with Crippen molar-refractivity contribution in [3.8, 4) is 0 Å². The Bertz CT molecular complexity index is 674. The Morgan fingerprint density at radius 1 is 1.20 bits per heavy atom. The molecule has 25 heavy (non-hydrogen) atoms. The zero-order valence-corrected chi connectivity index (χ0v) is 15.1. The van der Waals surface area contributed by atoms with Crippen LogP contribution in [0.4, 0.5) is 11.4 Å². The number of aryl methyl sites for hydroxylation is 2. The van der Waals surface area contributed by atoms with Gasteiger partial charge in [0, 0.05) is 12.0 Å². The molecular formula is C19H28N3O3+. The molecule has 1 unspecified atom stereocenters. The van der Waals surface area contributed by atoms with Crippen LogP contribution in [0.25, 0.3) is 0 Å². The summed E-state index contributed by atoms with van der Waals surface area (Å²) in [6.45, 7) is 6.23. The second-order valence-corrected chi connectivity index (χ2v) is 7.73. The summed E-state index contributed by atoms with van der Waals surface area (Å²) in [6.07, 6.45) is 6.51. The summed E-state index contributed by atoms with van der Waals surface area (Å²) < 4.78 is 0. The third kappa shape index (κ3) is 4.18. The molecule has 1 aliphatic carbocycles. The molecule has 1 aliphatic heterocycles. The van der Waals surface area contributed by atoms with Crippen molar-refractivity contribution in [3.63, 3.8) is 0 Å². The smallest absolute Gasteiger partial charge is 0.293 e. The van der Waals surface area contributed by atoms with Crippen molar-refractivity contribution in [2.45, 2.75) is 46.0 Å². The molecule has 0 radical (unpaired) electrons. The number of rotatable bonds is 4. The molecule has 2 aliphatic rings. The number of nitro groups is 1. The van der Waals surface area contributed by atoms with Gasteiger partial charge in [-0.1, -0.05) is 12.8 Å². The maximum atomic E-state index is 12.5.